The molecule has 1 aromatic rings. The van der Waals surface area contributed by atoms with E-state index in [2.05, 4.69) is 5.32 Å². The zero-order valence-corrected chi connectivity index (χ0v) is 13.4. The van der Waals surface area contributed by atoms with Crippen molar-refractivity contribution >= 4 is 23.3 Å². The Kier molecular flexibility index (Phi) is 4.80. The van der Waals surface area contributed by atoms with Crippen molar-refractivity contribution in [3.8, 4) is 0 Å². The number of ether oxygens (including phenoxy) is 2. The molecule has 6 nitrogen and oxygen atoms in total. The maximum absolute atomic E-state index is 14.4. The fourth-order valence-electron chi connectivity index (χ4n) is 2.89. The van der Waals surface area contributed by atoms with Gasteiger partial charge in [-0.15, -0.1) is 0 Å². The predicted octanol–water partition coefficient (Wildman–Crippen LogP) is 2.09. The highest BCUT2D eigenvalue weighted by molar-refractivity contribution is 5.94. The largest absolute Gasteiger partial charge is 0.442 e. The van der Waals surface area contributed by atoms with Crippen molar-refractivity contribution in [1.82, 2.24) is 5.32 Å². The van der Waals surface area contributed by atoms with Crippen LogP contribution in [0.25, 0.3) is 5.57 Å². The fraction of sp³-hybridized carbons (Fsp3) is 0.412. The van der Waals surface area contributed by atoms with Gasteiger partial charge in [0.15, 0.2) is 0 Å². The Morgan fingerprint density at radius 2 is 2.29 bits per heavy atom. The van der Waals surface area contributed by atoms with Gasteiger partial charge >= 0.3 is 6.09 Å². The van der Waals surface area contributed by atoms with Crippen molar-refractivity contribution in [1.29, 1.82) is 0 Å². The molecule has 1 atom stereocenters. The lowest BCUT2D eigenvalue weighted by Crippen LogP contribution is -2.33. The maximum Gasteiger partial charge on any atom is 0.414 e. The Hall–Kier alpha value is -2.41. The first-order valence-corrected chi connectivity index (χ1v) is 7.84. The van der Waals surface area contributed by atoms with Crippen molar-refractivity contribution in [2.75, 3.05) is 31.2 Å². The molecule has 24 heavy (non-hydrogen) atoms. The summed E-state index contributed by atoms with van der Waals surface area (Å²) in [6.45, 7) is 2.85. The highest BCUT2D eigenvalue weighted by atomic mass is 19.1. The molecule has 0 unspecified atom stereocenters. The monoisotopic (exact) mass is 334 g/mol. The van der Waals surface area contributed by atoms with E-state index in [-0.39, 0.29) is 24.8 Å². The van der Waals surface area contributed by atoms with E-state index in [0.29, 0.717) is 30.9 Å². The predicted molar refractivity (Wildman–Crippen MR) is 86.1 cm³/mol. The van der Waals surface area contributed by atoms with Crippen molar-refractivity contribution in [2.24, 2.45) is 0 Å². The van der Waals surface area contributed by atoms with Crippen molar-refractivity contribution < 1.29 is 23.5 Å². The standard InChI is InChI=1S/C17H19FN2O4/c1-11(21)19-9-13-10-20(17(22)24-13)15-4-2-3-14(18)16(15)12-5-7-23-8-6-12/h2-5,13H,6-10H2,1H3,(H,19,21)/t13-/m0/s1. The van der Waals surface area contributed by atoms with Crippen LogP contribution in [0.5, 0.6) is 0 Å². The minimum atomic E-state index is -0.537. The molecule has 7 heteroatoms. The smallest absolute Gasteiger partial charge is 0.414 e. The van der Waals surface area contributed by atoms with Crippen LogP contribution in [0.15, 0.2) is 24.3 Å². The molecule has 1 aromatic carbocycles. The SMILES string of the molecule is CC(=O)NC[C@H]1CN(c2cccc(F)c2C2=CCOCC2)C(=O)O1. The van der Waals surface area contributed by atoms with Gasteiger partial charge in [-0.1, -0.05) is 12.1 Å². The molecule has 2 aliphatic rings. The normalized spacial score (nSPS) is 20.6. The maximum atomic E-state index is 14.4. The Labute approximate surface area is 139 Å². The summed E-state index contributed by atoms with van der Waals surface area (Å²) < 4.78 is 25.0. The van der Waals surface area contributed by atoms with Gasteiger partial charge in [0, 0.05) is 12.5 Å². The second-order valence-electron chi connectivity index (χ2n) is 5.74. The number of benzene rings is 1. The van der Waals surface area contributed by atoms with Gasteiger partial charge < -0.3 is 14.8 Å². The van der Waals surface area contributed by atoms with Crippen LogP contribution >= 0.6 is 0 Å². The van der Waals surface area contributed by atoms with E-state index in [9.17, 15) is 14.0 Å². The van der Waals surface area contributed by atoms with Crippen LogP contribution in [0, 0.1) is 5.82 Å². The second-order valence-corrected chi connectivity index (χ2v) is 5.74. The molecule has 2 amide bonds. The third kappa shape index (κ3) is 3.41. The summed E-state index contributed by atoms with van der Waals surface area (Å²) >= 11 is 0. The number of carbonyl (C=O) groups is 2. The number of cyclic esters (lactones) is 1. The zero-order chi connectivity index (χ0) is 17.1. The first kappa shape index (κ1) is 16.4. The third-order valence-electron chi connectivity index (χ3n) is 4.02. The van der Waals surface area contributed by atoms with Crippen LogP contribution in [0.1, 0.15) is 18.9 Å². The summed E-state index contributed by atoms with van der Waals surface area (Å²) in [5.74, 6) is -0.568. The van der Waals surface area contributed by atoms with Crippen LogP contribution < -0.4 is 10.2 Å². The highest BCUT2D eigenvalue weighted by Gasteiger charge is 2.34. The lowest BCUT2D eigenvalue weighted by molar-refractivity contribution is -0.119. The number of halogens is 1. The number of carbonyl (C=O) groups excluding carboxylic acids is 2. The van der Waals surface area contributed by atoms with Crippen LogP contribution in [0.3, 0.4) is 0 Å². The molecule has 0 bridgehead atoms. The molecule has 0 saturated carbocycles. The number of nitrogens with one attached hydrogen (secondary N) is 1. The van der Waals surface area contributed by atoms with Crippen molar-refractivity contribution in [3.05, 3.63) is 35.7 Å². The molecule has 0 aliphatic carbocycles. The molecule has 1 N–H and O–H groups in total. The van der Waals surface area contributed by atoms with Crippen molar-refractivity contribution in [3.63, 3.8) is 0 Å². The number of anilines is 1. The van der Waals surface area contributed by atoms with Gasteiger partial charge in [-0.05, 0) is 24.1 Å². The number of hydrogen-bond acceptors (Lipinski definition) is 4. The topological polar surface area (TPSA) is 67.9 Å². The number of amides is 2. The van der Waals surface area contributed by atoms with Crippen LogP contribution in [0.2, 0.25) is 0 Å². The quantitative estimate of drug-likeness (QED) is 0.915. The van der Waals surface area contributed by atoms with Gasteiger partial charge in [0.25, 0.3) is 0 Å². The highest BCUT2D eigenvalue weighted by Crippen LogP contribution is 2.34. The minimum absolute atomic E-state index is 0.191. The zero-order valence-electron chi connectivity index (χ0n) is 13.4. The Bertz CT molecular complexity index is 689. The summed E-state index contributed by atoms with van der Waals surface area (Å²) in [4.78, 5) is 24.6. The first-order chi connectivity index (χ1) is 11.6. The molecule has 3 rings (SSSR count). The molecule has 1 saturated heterocycles. The lowest BCUT2D eigenvalue weighted by Gasteiger charge is -2.22. The summed E-state index contributed by atoms with van der Waals surface area (Å²) in [7, 11) is 0. The van der Waals surface area contributed by atoms with Crippen LogP contribution in [-0.2, 0) is 14.3 Å². The Balaban J connectivity index is 1.87. The van der Waals surface area contributed by atoms with Crippen LogP contribution in [-0.4, -0.2) is 44.4 Å². The van der Waals surface area contributed by atoms with E-state index in [1.807, 2.05) is 6.08 Å². The summed E-state index contributed by atoms with van der Waals surface area (Å²) in [6, 6.07) is 4.66. The molecular weight excluding hydrogens is 315 g/mol. The van der Waals surface area contributed by atoms with E-state index in [4.69, 9.17) is 9.47 Å². The van der Waals surface area contributed by atoms with E-state index in [1.54, 1.807) is 12.1 Å². The van der Waals surface area contributed by atoms with E-state index in [0.717, 1.165) is 5.57 Å². The lowest BCUT2D eigenvalue weighted by atomic mass is 9.98. The molecule has 0 spiro atoms. The van der Waals surface area contributed by atoms with Crippen LogP contribution in [0.4, 0.5) is 14.9 Å². The summed E-state index contributed by atoms with van der Waals surface area (Å²) in [5.41, 5.74) is 1.73. The molecule has 2 heterocycles. The molecule has 2 aliphatic heterocycles. The van der Waals surface area contributed by atoms with Gasteiger partial charge in [0.05, 0.1) is 32.0 Å². The van der Waals surface area contributed by atoms with Gasteiger partial charge in [0.2, 0.25) is 5.91 Å². The minimum Gasteiger partial charge on any atom is -0.442 e. The van der Waals surface area contributed by atoms with Gasteiger partial charge in [-0.3, -0.25) is 9.69 Å². The third-order valence-corrected chi connectivity index (χ3v) is 4.02. The fourth-order valence-corrected chi connectivity index (χ4v) is 2.89. The van der Waals surface area contributed by atoms with Gasteiger partial charge in [-0.25, -0.2) is 9.18 Å². The average molecular weight is 334 g/mol. The van der Waals surface area contributed by atoms with Gasteiger partial charge in [-0.2, -0.15) is 0 Å². The molecular formula is C17H19FN2O4. The summed E-state index contributed by atoms with van der Waals surface area (Å²) in [6.07, 6.45) is 1.43. The molecule has 1 fully saturated rings. The second kappa shape index (κ2) is 7.00. The number of rotatable bonds is 4. The summed E-state index contributed by atoms with van der Waals surface area (Å²) in [5, 5.41) is 2.62. The van der Waals surface area contributed by atoms with E-state index >= 15 is 0 Å². The first-order valence-electron chi connectivity index (χ1n) is 7.84. The molecule has 128 valence electrons. The molecule has 0 aromatic heterocycles. The Morgan fingerprint density at radius 1 is 1.46 bits per heavy atom. The van der Waals surface area contributed by atoms with Gasteiger partial charge in [0.1, 0.15) is 11.9 Å². The van der Waals surface area contributed by atoms with E-state index in [1.165, 1.54) is 17.9 Å². The number of hydrogen-bond donors (Lipinski definition) is 1. The number of nitrogens with zero attached hydrogens (tertiary/aromatic N) is 1. The average Bonchev–Trinajstić information content (AvgIpc) is 2.94. The van der Waals surface area contributed by atoms with E-state index < -0.39 is 12.2 Å². The van der Waals surface area contributed by atoms with Crippen molar-refractivity contribution in [2.45, 2.75) is 19.4 Å². The Morgan fingerprint density at radius 3 is 3.00 bits per heavy atom. The molecule has 0 radical (unpaired) electrons.